The van der Waals surface area contributed by atoms with Crippen molar-refractivity contribution < 1.29 is 14.2 Å². The van der Waals surface area contributed by atoms with Crippen LogP contribution in [0.15, 0.2) is 122 Å². The van der Waals surface area contributed by atoms with Gasteiger partial charge in [-0.2, -0.15) is 0 Å². The van der Waals surface area contributed by atoms with E-state index in [1.54, 1.807) is 0 Å². The molecule has 0 fully saturated rings. The standard InChI is InChI=1S/C44H52N4O3/c1-4-7-10-13-26-49-41-25-22-38(43(50-27-14-11-8-5-2)44(41)51-28-15-12-9-6-3)42-39-23-20-36(47-39)30-34-18-16-32(45-34)29-33-17-19-35(46-33)31-37-21-24-40(42)48-37/h16-25,29-31H,4-15,26-28H2,1-3H3. The summed E-state index contributed by atoms with van der Waals surface area (Å²) in [6, 6.07) is 4.14. The first kappa shape index (κ1) is 36.0. The molecule has 0 aromatic heterocycles. The summed E-state index contributed by atoms with van der Waals surface area (Å²) in [7, 11) is 0. The first-order valence-electron chi connectivity index (χ1n) is 19.2. The van der Waals surface area contributed by atoms with Crippen molar-refractivity contribution in [3.8, 4) is 17.2 Å². The van der Waals surface area contributed by atoms with E-state index in [1.165, 1.54) is 38.5 Å². The lowest BCUT2D eigenvalue weighted by Crippen LogP contribution is -2.10. The monoisotopic (exact) mass is 684 g/mol. The highest BCUT2D eigenvalue weighted by Gasteiger charge is 2.27. The van der Waals surface area contributed by atoms with Crippen molar-refractivity contribution >= 4 is 28.4 Å². The van der Waals surface area contributed by atoms with Gasteiger partial charge in [-0.3, -0.25) is 0 Å². The van der Waals surface area contributed by atoms with Gasteiger partial charge in [-0.25, -0.2) is 20.0 Å². The summed E-state index contributed by atoms with van der Waals surface area (Å²) in [5, 5.41) is 0. The molecule has 7 heteroatoms. The van der Waals surface area contributed by atoms with E-state index < -0.39 is 0 Å². The lowest BCUT2D eigenvalue weighted by atomic mass is 9.97. The van der Waals surface area contributed by atoms with Crippen LogP contribution in [0.3, 0.4) is 0 Å². The largest absolute Gasteiger partial charge is 0.490 e. The maximum atomic E-state index is 6.79. The number of allylic oxidation sites excluding steroid dienone is 12. The van der Waals surface area contributed by atoms with E-state index in [-0.39, 0.29) is 0 Å². The number of hydrogen-bond acceptors (Lipinski definition) is 7. The van der Waals surface area contributed by atoms with E-state index in [0.717, 1.165) is 101 Å². The molecule has 8 bridgehead atoms. The second-order valence-corrected chi connectivity index (χ2v) is 13.4. The molecule has 0 radical (unpaired) electrons. The van der Waals surface area contributed by atoms with Gasteiger partial charge in [0, 0.05) is 11.1 Å². The van der Waals surface area contributed by atoms with Crippen molar-refractivity contribution in [1.29, 1.82) is 0 Å². The molecule has 0 N–H and O–H groups in total. The maximum Gasteiger partial charge on any atom is 0.204 e. The molecule has 6 rings (SSSR count). The fourth-order valence-electron chi connectivity index (χ4n) is 6.42. The fourth-order valence-corrected chi connectivity index (χ4v) is 6.42. The van der Waals surface area contributed by atoms with Crippen LogP contribution in [0.25, 0.3) is 5.57 Å². The van der Waals surface area contributed by atoms with Gasteiger partial charge in [0.2, 0.25) is 5.75 Å². The van der Waals surface area contributed by atoms with E-state index in [1.807, 2.05) is 60.8 Å². The zero-order valence-corrected chi connectivity index (χ0v) is 30.6. The van der Waals surface area contributed by atoms with E-state index in [2.05, 4.69) is 39.0 Å². The van der Waals surface area contributed by atoms with Crippen LogP contribution in [0.4, 0.5) is 0 Å². The summed E-state index contributed by atoms with van der Waals surface area (Å²) < 4.78 is 19.9. The van der Waals surface area contributed by atoms with Crippen molar-refractivity contribution in [3.05, 3.63) is 107 Å². The molecule has 266 valence electrons. The minimum Gasteiger partial charge on any atom is -0.490 e. The molecule has 1 aromatic carbocycles. The smallest absolute Gasteiger partial charge is 0.204 e. The Balaban J connectivity index is 1.45. The number of hydrogen-bond donors (Lipinski definition) is 0. The van der Waals surface area contributed by atoms with E-state index in [4.69, 9.17) is 34.2 Å². The Kier molecular flexibility index (Phi) is 13.0. The first-order chi connectivity index (χ1) is 25.1. The normalized spacial score (nSPS) is 17.0. The zero-order chi connectivity index (χ0) is 35.3. The molecule has 51 heavy (non-hydrogen) atoms. The third kappa shape index (κ3) is 9.72. The molecule has 0 atom stereocenters. The van der Waals surface area contributed by atoms with Gasteiger partial charge in [0.25, 0.3) is 0 Å². The van der Waals surface area contributed by atoms with Crippen molar-refractivity contribution in [2.45, 2.75) is 97.8 Å². The predicted octanol–water partition coefficient (Wildman–Crippen LogP) is 11.0. The average Bonchev–Trinajstić information content (AvgIpc) is 3.96. The van der Waals surface area contributed by atoms with Crippen LogP contribution in [0.1, 0.15) is 103 Å². The van der Waals surface area contributed by atoms with Gasteiger partial charge in [-0.1, -0.05) is 78.6 Å². The number of nitrogens with zero attached hydrogens (tertiary/aromatic N) is 4. The number of fused-ring (bicyclic) bond motifs is 4. The Labute approximate surface area is 304 Å². The molecule has 0 amide bonds. The topological polar surface area (TPSA) is 77.1 Å². The molecule has 5 aliphatic heterocycles. The third-order valence-corrected chi connectivity index (χ3v) is 9.18. The SMILES string of the molecule is CCCCCCOc1ccc(C2=C3C=CC(=N3)C=C3C=CC(=N3)C=C3C=CC(=N3)C=C3C=CC2=N3)c(OCCCCCC)c1OCCCCCC. The lowest BCUT2D eigenvalue weighted by Gasteiger charge is -2.22. The third-order valence-electron chi connectivity index (χ3n) is 9.18. The van der Waals surface area contributed by atoms with Crippen molar-refractivity contribution in [3.63, 3.8) is 0 Å². The number of benzene rings is 1. The lowest BCUT2D eigenvalue weighted by molar-refractivity contribution is 0.234. The number of rotatable bonds is 19. The van der Waals surface area contributed by atoms with E-state index in [9.17, 15) is 0 Å². The summed E-state index contributed by atoms with van der Waals surface area (Å²) >= 11 is 0. The Morgan fingerprint density at radius 1 is 0.451 bits per heavy atom. The molecular weight excluding hydrogens is 633 g/mol. The minimum absolute atomic E-state index is 0.584. The summed E-state index contributed by atoms with van der Waals surface area (Å²) in [5.41, 5.74) is 8.47. The Hall–Kier alpha value is -4.78. The summed E-state index contributed by atoms with van der Waals surface area (Å²) in [6.45, 7) is 8.50. The molecule has 7 nitrogen and oxygen atoms in total. The second-order valence-electron chi connectivity index (χ2n) is 13.4. The van der Waals surface area contributed by atoms with Gasteiger partial charge in [0.1, 0.15) is 0 Å². The van der Waals surface area contributed by atoms with Crippen LogP contribution in [0, 0.1) is 0 Å². The van der Waals surface area contributed by atoms with Gasteiger partial charge >= 0.3 is 0 Å². The number of unbranched alkanes of at least 4 members (excludes halogenated alkanes) is 9. The minimum atomic E-state index is 0.584. The number of aliphatic imine (C=N–C) groups is 4. The molecule has 0 saturated carbocycles. The summed E-state index contributed by atoms with van der Waals surface area (Å²) in [5.74, 6) is 2.09. The molecule has 5 aliphatic rings. The van der Waals surface area contributed by atoms with Crippen LogP contribution >= 0.6 is 0 Å². The second kappa shape index (κ2) is 18.5. The van der Waals surface area contributed by atoms with Crippen molar-refractivity contribution in [2.24, 2.45) is 20.0 Å². The first-order valence-corrected chi connectivity index (χ1v) is 19.2. The predicted molar refractivity (Wildman–Crippen MR) is 213 cm³/mol. The molecule has 5 heterocycles. The Morgan fingerprint density at radius 3 is 1.57 bits per heavy atom. The molecule has 0 saturated heterocycles. The Bertz CT molecular complexity index is 1820. The van der Waals surface area contributed by atoms with Gasteiger partial charge in [-0.15, -0.1) is 0 Å². The van der Waals surface area contributed by atoms with Crippen LogP contribution in [-0.2, 0) is 0 Å². The molecular formula is C44H52N4O3. The van der Waals surface area contributed by atoms with E-state index >= 15 is 0 Å². The van der Waals surface area contributed by atoms with Crippen molar-refractivity contribution in [1.82, 2.24) is 0 Å². The number of ether oxygens (including phenoxy) is 3. The highest BCUT2D eigenvalue weighted by Crippen LogP contribution is 2.46. The van der Waals surface area contributed by atoms with Crippen LogP contribution in [0.2, 0.25) is 0 Å². The van der Waals surface area contributed by atoms with Gasteiger partial charge in [-0.05, 0) is 98.2 Å². The highest BCUT2D eigenvalue weighted by atomic mass is 16.5. The fraction of sp³-hybridized carbons (Fsp3) is 0.409. The van der Waals surface area contributed by atoms with Crippen LogP contribution in [-0.4, -0.2) is 42.7 Å². The Morgan fingerprint density at radius 2 is 0.961 bits per heavy atom. The van der Waals surface area contributed by atoms with Crippen LogP contribution in [0.5, 0.6) is 17.2 Å². The van der Waals surface area contributed by atoms with Crippen LogP contribution < -0.4 is 14.2 Å². The van der Waals surface area contributed by atoms with Gasteiger partial charge in [0.15, 0.2) is 11.5 Å². The summed E-state index contributed by atoms with van der Waals surface area (Å²) in [4.78, 5) is 19.9. The molecule has 0 unspecified atom stereocenters. The molecule has 0 spiro atoms. The average molecular weight is 685 g/mol. The maximum absolute atomic E-state index is 6.79. The van der Waals surface area contributed by atoms with Gasteiger partial charge in [0.05, 0.1) is 65.5 Å². The zero-order valence-electron chi connectivity index (χ0n) is 30.6. The molecule has 0 aliphatic carbocycles. The summed E-state index contributed by atoms with van der Waals surface area (Å²) in [6.07, 6.45) is 35.7. The quantitative estimate of drug-likeness (QED) is 0.136. The van der Waals surface area contributed by atoms with Crippen molar-refractivity contribution in [2.75, 3.05) is 19.8 Å². The molecule has 1 aromatic rings. The van der Waals surface area contributed by atoms with Gasteiger partial charge < -0.3 is 14.2 Å². The van der Waals surface area contributed by atoms with E-state index in [0.29, 0.717) is 31.3 Å². The highest BCUT2D eigenvalue weighted by molar-refractivity contribution is 6.33.